The molecule has 0 bridgehead atoms. The van der Waals surface area contributed by atoms with E-state index in [0.717, 1.165) is 12.1 Å². The highest BCUT2D eigenvalue weighted by molar-refractivity contribution is 5.67. The molecule has 2 rings (SSSR count). The van der Waals surface area contributed by atoms with Crippen LogP contribution in [0.3, 0.4) is 0 Å². The van der Waals surface area contributed by atoms with Crippen molar-refractivity contribution in [3.05, 3.63) is 36.0 Å². The molecule has 0 amide bonds. The highest BCUT2D eigenvalue weighted by Crippen LogP contribution is 2.32. The number of anilines is 2. The number of hydrogen-bond donors (Lipinski definition) is 2. The molecule has 0 saturated heterocycles. The van der Waals surface area contributed by atoms with Gasteiger partial charge in [-0.15, -0.1) is 0 Å². The smallest absolute Gasteiger partial charge is 0.397 e. The SMILES string of the molecule is Nc1cc(C(F)(F)F)ccc1NCCc1ncon1. The quantitative estimate of drug-likeness (QED) is 0.835. The molecule has 8 heteroatoms. The predicted octanol–water partition coefficient (Wildman–Crippen LogP) is 2.33. The van der Waals surface area contributed by atoms with Crippen LogP contribution in [0.4, 0.5) is 24.5 Å². The molecule has 0 unspecified atom stereocenters. The molecule has 0 aliphatic heterocycles. The van der Waals surface area contributed by atoms with E-state index in [1.165, 1.54) is 12.5 Å². The molecule has 0 radical (unpaired) electrons. The molecule has 0 aliphatic rings. The first kappa shape index (κ1) is 13.2. The lowest BCUT2D eigenvalue weighted by atomic mass is 10.1. The van der Waals surface area contributed by atoms with Crippen molar-refractivity contribution < 1.29 is 17.7 Å². The number of nitrogens with two attached hydrogens (primary N) is 1. The van der Waals surface area contributed by atoms with Gasteiger partial charge in [0.15, 0.2) is 5.82 Å². The first-order valence-corrected chi connectivity index (χ1v) is 5.42. The van der Waals surface area contributed by atoms with Gasteiger partial charge in [-0.25, -0.2) is 0 Å². The largest absolute Gasteiger partial charge is 0.416 e. The molecular weight excluding hydrogens is 261 g/mol. The second-order valence-electron chi connectivity index (χ2n) is 3.82. The predicted molar refractivity (Wildman–Crippen MR) is 62.3 cm³/mol. The van der Waals surface area contributed by atoms with E-state index in [1.807, 2.05) is 0 Å². The van der Waals surface area contributed by atoms with Gasteiger partial charge in [0.25, 0.3) is 0 Å². The monoisotopic (exact) mass is 272 g/mol. The minimum atomic E-state index is -4.39. The Kier molecular flexibility index (Phi) is 3.59. The van der Waals surface area contributed by atoms with Crippen molar-refractivity contribution in [3.63, 3.8) is 0 Å². The van der Waals surface area contributed by atoms with Crippen LogP contribution in [0.25, 0.3) is 0 Å². The van der Waals surface area contributed by atoms with Gasteiger partial charge in [0.05, 0.1) is 16.9 Å². The number of alkyl halides is 3. The fraction of sp³-hybridized carbons (Fsp3) is 0.273. The van der Waals surface area contributed by atoms with Crippen molar-refractivity contribution >= 4 is 11.4 Å². The Morgan fingerprint density at radius 2 is 2.11 bits per heavy atom. The van der Waals surface area contributed by atoms with E-state index in [2.05, 4.69) is 20.0 Å². The van der Waals surface area contributed by atoms with Crippen LogP contribution in [-0.2, 0) is 12.6 Å². The van der Waals surface area contributed by atoms with E-state index < -0.39 is 11.7 Å². The highest BCUT2D eigenvalue weighted by atomic mass is 19.4. The maximum atomic E-state index is 12.4. The van der Waals surface area contributed by atoms with Crippen molar-refractivity contribution in [2.45, 2.75) is 12.6 Å². The van der Waals surface area contributed by atoms with Gasteiger partial charge in [0, 0.05) is 13.0 Å². The zero-order valence-corrected chi connectivity index (χ0v) is 9.74. The number of nitrogen functional groups attached to an aromatic ring is 1. The Balaban J connectivity index is 1.97. The Morgan fingerprint density at radius 1 is 1.32 bits per heavy atom. The molecule has 1 heterocycles. The van der Waals surface area contributed by atoms with E-state index in [-0.39, 0.29) is 5.69 Å². The molecular formula is C11H11F3N4O. The van der Waals surface area contributed by atoms with E-state index in [0.29, 0.717) is 24.5 Å². The Labute approximate surface area is 106 Å². The summed E-state index contributed by atoms with van der Waals surface area (Å²) in [4.78, 5) is 3.82. The first-order valence-electron chi connectivity index (χ1n) is 5.42. The third kappa shape index (κ3) is 3.36. The summed E-state index contributed by atoms with van der Waals surface area (Å²) >= 11 is 0. The van der Waals surface area contributed by atoms with Crippen LogP contribution >= 0.6 is 0 Å². The van der Waals surface area contributed by atoms with Crippen molar-refractivity contribution in [3.8, 4) is 0 Å². The summed E-state index contributed by atoms with van der Waals surface area (Å²) < 4.78 is 41.9. The fourth-order valence-electron chi connectivity index (χ4n) is 1.51. The second kappa shape index (κ2) is 5.17. The zero-order chi connectivity index (χ0) is 13.9. The van der Waals surface area contributed by atoms with Gasteiger partial charge in [0.1, 0.15) is 0 Å². The van der Waals surface area contributed by atoms with Crippen LogP contribution in [0, 0.1) is 0 Å². The van der Waals surface area contributed by atoms with E-state index in [4.69, 9.17) is 5.73 Å². The molecule has 2 aromatic rings. The van der Waals surface area contributed by atoms with Gasteiger partial charge in [-0.1, -0.05) is 5.16 Å². The summed E-state index contributed by atoms with van der Waals surface area (Å²) in [5, 5.41) is 6.53. The number of nitrogens with one attached hydrogen (secondary N) is 1. The van der Waals surface area contributed by atoms with Crippen LogP contribution in [-0.4, -0.2) is 16.7 Å². The van der Waals surface area contributed by atoms with Gasteiger partial charge in [-0.3, -0.25) is 0 Å². The topological polar surface area (TPSA) is 77.0 Å². The molecule has 102 valence electrons. The van der Waals surface area contributed by atoms with Gasteiger partial charge in [-0.2, -0.15) is 18.2 Å². The Bertz CT molecular complexity index is 539. The van der Waals surface area contributed by atoms with Crippen LogP contribution in [0.15, 0.2) is 29.1 Å². The van der Waals surface area contributed by atoms with Gasteiger partial charge < -0.3 is 15.6 Å². The summed E-state index contributed by atoms with van der Waals surface area (Å²) in [5.41, 5.74) is 5.28. The molecule has 0 spiro atoms. The molecule has 0 atom stereocenters. The van der Waals surface area contributed by atoms with Crippen molar-refractivity contribution in [1.29, 1.82) is 0 Å². The standard InChI is InChI=1S/C11H11F3N4O/c12-11(13,14)7-1-2-9(8(15)5-7)16-4-3-10-17-6-19-18-10/h1-2,5-6,16H,3-4,15H2. The van der Waals surface area contributed by atoms with Crippen molar-refractivity contribution in [1.82, 2.24) is 10.1 Å². The van der Waals surface area contributed by atoms with Gasteiger partial charge >= 0.3 is 6.18 Å². The van der Waals surface area contributed by atoms with E-state index in [9.17, 15) is 13.2 Å². The normalized spacial score (nSPS) is 11.5. The summed E-state index contributed by atoms with van der Waals surface area (Å²) in [6, 6.07) is 3.18. The van der Waals surface area contributed by atoms with Crippen LogP contribution in [0.1, 0.15) is 11.4 Å². The number of aromatic nitrogens is 2. The number of hydrogen-bond acceptors (Lipinski definition) is 5. The van der Waals surface area contributed by atoms with Crippen LogP contribution in [0.2, 0.25) is 0 Å². The zero-order valence-electron chi connectivity index (χ0n) is 9.74. The maximum absolute atomic E-state index is 12.4. The Morgan fingerprint density at radius 3 is 2.68 bits per heavy atom. The minimum absolute atomic E-state index is 0.0444. The van der Waals surface area contributed by atoms with Gasteiger partial charge in [0.2, 0.25) is 6.39 Å². The van der Waals surface area contributed by atoms with Crippen LogP contribution in [0.5, 0.6) is 0 Å². The summed E-state index contributed by atoms with van der Waals surface area (Å²) in [7, 11) is 0. The molecule has 0 saturated carbocycles. The average Bonchev–Trinajstić information content (AvgIpc) is 2.83. The molecule has 0 fully saturated rings. The lowest BCUT2D eigenvalue weighted by Gasteiger charge is -2.12. The van der Waals surface area contributed by atoms with E-state index in [1.54, 1.807) is 0 Å². The third-order valence-electron chi connectivity index (χ3n) is 2.45. The summed E-state index contributed by atoms with van der Waals surface area (Å²) in [6.07, 6.45) is -2.70. The number of halogens is 3. The van der Waals surface area contributed by atoms with Crippen molar-refractivity contribution in [2.75, 3.05) is 17.6 Å². The average molecular weight is 272 g/mol. The number of rotatable bonds is 4. The molecule has 5 nitrogen and oxygen atoms in total. The first-order chi connectivity index (χ1) is 8.97. The van der Waals surface area contributed by atoms with E-state index >= 15 is 0 Å². The Hall–Kier alpha value is -2.25. The minimum Gasteiger partial charge on any atom is -0.397 e. The second-order valence-corrected chi connectivity index (χ2v) is 3.82. The highest BCUT2D eigenvalue weighted by Gasteiger charge is 2.30. The lowest BCUT2D eigenvalue weighted by molar-refractivity contribution is -0.137. The fourth-order valence-corrected chi connectivity index (χ4v) is 1.51. The maximum Gasteiger partial charge on any atom is 0.416 e. The molecule has 1 aromatic heterocycles. The lowest BCUT2D eigenvalue weighted by Crippen LogP contribution is -2.10. The molecule has 1 aromatic carbocycles. The third-order valence-corrected chi connectivity index (χ3v) is 2.45. The van der Waals surface area contributed by atoms with Crippen LogP contribution < -0.4 is 11.1 Å². The number of benzene rings is 1. The van der Waals surface area contributed by atoms with Crippen molar-refractivity contribution in [2.24, 2.45) is 0 Å². The molecule has 0 aliphatic carbocycles. The van der Waals surface area contributed by atoms with Gasteiger partial charge in [-0.05, 0) is 18.2 Å². The molecule has 19 heavy (non-hydrogen) atoms. The number of nitrogens with zero attached hydrogens (tertiary/aromatic N) is 2. The summed E-state index contributed by atoms with van der Waals surface area (Å²) in [5.74, 6) is 0.512. The summed E-state index contributed by atoms with van der Waals surface area (Å²) in [6.45, 7) is 0.440. The molecule has 3 N–H and O–H groups in total.